The zero-order valence-corrected chi connectivity index (χ0v) is 49.2. The van der Waals surface area contributed by atoms with Gasteiger partial charge < -0.3 is 46.9 Å². The molecule has 8 N–H and O–H groups in total. The number of anilines is 3. The Bertz CT molecular complexity index is 4550. The number of carbonyl (C=O) groups excluding carboxylic acids is 3. The van der Waals surface area contributed by atoms with E-state index in [0.29, 0.717) is 124 Å². The van der Waals surface area contributed by atoms with Gasteiger partial charge in [0, 0.05) is 43.4 Å². The van der Waals surface area contributed by atoms with Crippen molar-refractivity contribution in [2.75, 3.05) is 43.9 Å². The summed E-state index contributed by atoms with van der Waals surface area (Å²) in [4.78, 5) is 61.3. The lowest BCUT2D eigenvalue weighted by Crippen LogP contribution is -2.28. The molecule has 0 aliphatic heterocycles. The summed E-state index contributed by atoms with van der Waals surface area (Å²) in [6.45, 7) is 9.38. The number of nitrogens with one attached hydrogen (secondary N) is 2. The van der Waals surface area contributed by atoms with Gasteiger partial charge in [-0.25, -0.2) is 43.9 Å². The number of nitrogens with two attached hydrogens (primary N) is 3. The Kier molecular flexibility index (Phi) is 19.6. The summed E-state index contributed by atoms with van der Waals surface area (Å²) in [5.74, 6) is 6.59. The first kappa shape index (κ1) is 61.3. The van der Waals surface area contributed by atoms with Gasteiger partial charge in [-0.3, -0.25) is 14.4 Å². The van der Waals surface area contributed by atoms with E-state index in [2.05, 4.69) is 63.9 Å². The van der Waals surface area contributed by atoms with Crippen molar-refractivity contribution in [3.8, 4) is 80.6 Å². The topological polar surface area (TPSA) is 315 Å². The molecule has 0 aliphatic rings. The number of ether oxygens (including phenoxy) is 3. The van der Waals surface area contributed by atoms with Crippen LogP contribution in [0.25, 0.3) is 66.9 Å². The third kappa shape index (κ3) is 15.1. The van der Waals surface area contributed by atoms with Crippen LogP contribution in [0.15, 0.2) is 208 Å². The summed E-state index contributed by atoms with van der Waals surface area (Å²) in [5, 5.41) is 21.4. The Hall–Kier alpha value is -12.8. The Balaban J connectivity index is 0.000000150. The number of nitrogen functional groups attached to an aromatic ring is 3. The minimum absolute atomic E-state index is 0.153. The van der Waals surface area contributed by atoms with Crippen LogP contribution in [0, 0.1) is 12.3 Å². The van der Waals surface area contributed by atoms with E-state index < -0.39 is 5.91 Å². The molecule has 12 aromatic rings. The maximum absolute atomic E-state index is 11.8. The summed E-state index contributed by atoms with van der Waals surface area (Å²) < 4.78 is 22.7. The second-order valence-corrected chi connectivity index (χ2v) is 19.8. The number of benzene rings is 6. The van der Waals surface area contributed by atoms with Gasteiger partial charge >= 0.3 is 0 Å². The smallest absolute Gasteiger partial charge is 0.295 e. The van der Waals surface area contributed by atoms with Crippen molar-refractivity contribution >= 4 is 68.3 Å². The third-order valence-corrected chi connectivity index (χ3v) is 13.7. The molecule has 24 nitrogen and oxygen atoms in total. The monoisotopic (exact) mass is 1210 g/mol. The van der Waals surface area contributed by atoms with Crippen LogP contribution in [-0.4, -0.2) is 109 Å². The number of aromatic nitrogens is 12. The molecular weight excluding hydrogens is 1150 g/mol. The number of nitrogens with zero attached hydrogens (tertiary/aromatic N) is 13. The largest absolute Gasteiger partial charge is 0.457 e. The van der Waals surface area contributed by atoms with Crippen LogP contribution in [0.4, 0.5) is 17.5 Å². The maximum atomic E-state index is 11.8. The summed E-state index contributed by atoms with van der Waals surface area (Å²) in [7, 11) is 1.71. The number of likely N-dealkylation sites (N-methyl/N-ethyl adjacent to an activating group) is 1. The molecule has 6 aromatic heterocycles. The molecule has 454 valence electrons. The van der Waals surface area contributed by atoms with Crippen molar-refractivity contribution < 1.29 is 28.6 Å². The van der Waals surface area contributed by atoms with E-state index >= 15 is 0 Å². The van der Waals surface area contributed by atoms with Gasteiger partial charge in [-0.1, -0.05) is 67.8 Å². The van der Waals surface area contributed by atoms with Crippen LogP contribution in [-0.2, 0) is 34.0 Å². The van der Waals surface area contributed by atoms with E-state index in [0.717, 1.165) is 33.9 Å². The molecule has 24 heteroatoms. The molecule has 0 bridgehead atoms. The molecule has 0 atom stereocenters. The second kappa shape index (κ2) is 29.1. The van der Waals surface area contributed by atoms with Gasteiger partial charge in [-0.2, -0.15) is 15.3 Å². The zero-order chi connectivity index (χ0) is 63.6. The number of carbonyl (C=O) groups is 3. The van der Waals surface area contributed by atoms with E-state index in [4.69, 9.17) is 42.9 Å². The fourth-order valence-electron chi connectivity index (χ4n) is 9.28. The van der Waals surface area contributed by atoms with Gasteiger partial charge in [0.2, 0.25) is 11.8 Å². The van der Waals surface area contributed by atoms with Crippen LogP contribution >= 0.6 is 0 Å². The molecule has 3 amide bonds. The molecule has 0 spiro atoms. The number of rotatable bonds is 20. The predicted octanol–water partition coefficient (Wildman–Crippen LogP) is 9.30. The standard InChI is InChI=1S/C23H22N6O2.C22H20N6O2.C22H18N6O2/c1-3-19(30)28(2)13-14-29-23-20(22(24)25-15-26-23)21(27-29)16-9-11-18(12-10-16)31-17-7-5-4-6-8-17;2*1-2-18(29)24-12-13-28-22-19(21(23)25-14-26-22)20(27-28)15-8-10-17(11-9-15)30-16-6-4-3-5-7-16/h3-12,15H,1,13-14H2,2H3,(H2,24,25,26);2-11,14H,1,12-13H2,(H,24,29)(H2,23,25,26);1,3-11,14H,12-13H2,(H,24,29)(H2,23,25,26). The Labute approximate surface area is 521 Å². The summed E-state index contributed by atoms with van der Waals surface area (Å²) >= 11 is 0. The van der Waals surface area contributed by atoms with Crippen LogP contribution in [0.5, 0.6) is 34.5 Å². The van der Waals surface area contributed by atoms with Gasteiger partial charge in [-0.15, -0.1) is 6.42 Å². The number of amides is 3. The fourth-order valence-corrected chi connectivity index (χ4v) is 9.28. The lowest BCUT2D eigenvalue weighted by atomic mass is 10.1. The van der Waals surface area contributed by atoms with Crippen LogP contribution in [0.3, 0.4) is 0 Å². The minimum Gasteiger partial charge on any atom is -0.457 e. The lowest BCUT2D eigenvalue weighted by molar-refractivity contribution is -0.125. The van der Waals surface area contributed by atoms with E-state index in [-0.39, 0.29) is 11.8 Å². The van der Waals surface area contributed by atoms with Crippen LogP contribution in [0.1, 0.15) is 0 Å². The van der Waals surface area contributed by atoms with Crippen molar-refractivity contribution in [3.05, 3.63) is 208 Å². The number of hydrogen-bond acceptors (Lipinski definition) is 18. The molecule has 0 fully saturated rings. The summed E-state index contributed by atoms with van der Waals surface area (Å²) in [6.07, 6.45) is 11.8. The van der Waals surface area contributed by atoms with Gasteiger partial charge in [0.1, 0.15) is 88.0 Å². The first-order chi connectivity index (χ1) is 44.4. The molecule has 6 aromatic carbocycles. The number of para-hydroxylation sites is 3. The normalized spacial score (nSPS) is 10.6. The average molecular weight is 1210 g/mol. The third-order valence-electron chi connectivity index (χ3n) is 13.7. The van der Waals surface area contributed by atoms with Gasteiger partial charge in [0.25, 0.3) is 5.91 Å². The van der Waals surface area contributed by atoms with Crippen molar-refractivity contribution in [2.45, 2.75) is 19.6 Å². The summed E-state index contributed by atoms with van der Waals surface area (Å²) in [5.41, 5.74) is 24.8. The average Bonchev–Trinajstić information content (AvgIpc) is 1.67. The van der Waals surface area contributed by atoms with Crippen molar-refractivity contribution in [3.63, 3.8) is 0 Å². The van der Waals surface area contributed by atoms with Crippen LogP contribution < -0.4 is 42.0 Å². The Morgan fingerprint density at radius 1 is 0.484 bits per heavy atom. The van der Waals surface area contributed by atoms with Gasteiger partial charge in [0.15, 0.2) is 16.9 Å². The molecule has 0 radical (unpaired) electrons. The highest BCUT2D eigenvalue weighted by Gasteiger charge is 2.21. The molecule has 0 unspecified atom stereocenters. The first-order valence-corrected chi connectivity index (χ1v) is 28.3. The molecular formula is C67H60N18O6. The predicted molar refractivity (Wildman–Crippen MR) is 348 cm³/mol. The molecule has 91 heavy (non-hydrogen) atoms. The second-order valence-electron chi connectivity index (χ2n) is 19.8. The van der Waals surface area contributed by atoms with E-state index in [1.165, 1.54) is 31.1 Å². The number of fused-ring (bicyclic) bond motifs is 3. The van der Waals surface area contributed by atoms with Crippen molar-refractivity contribution in [1.82, 2.24) is 74.8 Å². The van der Waals surface area contributed by atoms with E-state index in [1.807, 2.05) is 170 Å². The fraction of sp³-hybridized carbons (Fsp3) is 0.104. The van der Waals surface area contributed by atoms with E-state index in [9.17, 15) is 14.4 Å². The molecule has 0 saturated carbocycles. The maximum Gasteiger partial charge on any atom is 0.295 e. The quantitative estimate of drug-likeness (QED) is 0.0350. The van der Waals surface area contributed by atoms with E-state index in [1.54, 1.807) is 26.0 Å². The zero-order valence-electron chi connectivity index (χ0n) is 49.2. The Morgan fingerprint density at radius 3 is 1.14 bits per heavy atom. The SMILES string of the molecule is C#CC(=O)NCCn1nc(-c2ccc(Oc3ccccc3)cc2)c2c(N)ncnc21.C=CC(=O)N(C)CCn1nc(-c2ccc(Oc3ccccc3)cc2)c2c(N)ncnc21.C=CC(=O)NCCn1nc(-c2ccc(Oc3ccccc3)cc2)c2c(N)ncnc21. The molecule has 6 heterocycles. The van der Waals surface area contributed by atoms with Crippen molar-refractivity contribution in [1.29, 1.82) is 0 Å². The molecule has 0 aliphatic carbocycles. The first-order valence-electron chi connectivity index (χ1n) is 28.3. The van der Waals surface area contributed by atoms with Gasteiger partial charge in [-0.05, 0) is 127 Å². The summed E-state index contributed by atoms with van der Waals surface area (Å²) in [6, 6.07) is 51.4. The molecule has 12 rings (SSSR count). The van der Waals surface area contributed by atoms with Gasteiger partial charge in [0.05, 0.1) is 35.8 Å². The van der Waals surface area contributed by atoms with Crippen LogP contribution in [0.2, 0.25) is 0 Å². The minimum atomic E-state index is -0.477. The lowest BCUT2D eigenvalue weighted by Gasteiger charge is -2.14. The highest BCUT2D eigenvalue weighted by atomic mass is 16.5. The Morgan fingerprint density at radius 2 is 0.813 bits per heavy atom. The molecule has 0 saturated heterocycles. The highest BCUT2D eigenvalue weighted by Crippen LogP contribution is 2.35. The number of hydrogen-bond donors (Lipinski definition) is 5. The van der Waals surface area contributed by atoms with Crippen molar-refractivity contribution in [2.24, 2.45) is 0 Å². The highest BCUT2D eigenvalue weighted by molar-refractivity contribution is 6.00. The number of terminal acetylenes is 1.